The Morgan fingerprint density at radius 3 is 2.00 bits per heavy atom. The number of benzene rings is 1. The lowest BCUT2D eigenvalue weighted by atomic mass is 9.98. The van der Waals surface area contributed by atoms with Crippen molar-refractivity contribution in [3.8, 4) is 11.1 Å². The predicted octanol–water partition coefficient (Wildman–Crippen LogP) is 5.65. The molecule has 3 aromatic rings. The first-order chi connectivity index (χ1) is 13.5. The van der Waals surface area contributed by atoms with Crippen LogP contribution in [0, 0.1) is 13.8 Å². The summed E-state index contributed by atoms with van der Waals surface area (Å²) in [5.74, 6) is 0.531. The molecule has 28 heavy (non-hydrogen) atoms. The first kappa shape index (κ1) is 20.1. The van der Waals surface area contributed by atoms with Crippen LogP contribution in [0.3, 0.4) is 0 Å². The second-order valence-electron chi connectivity index (χ2n) is 7.41. The Balaban J connectivity index is 2.38. The van der Waals surface area contributed by atoms with Gasteiger partial charge < -0.3 is 20.4 Å². The van der Waals surface area contributed by atoms with Crippen LogP contribution in [0.4, 0.5) is 17.1 Å². The van der Waals surface area contributed by atoms with Crippen molar-refractivity contribution in [2.75, 3.05) is 37.1 Å². The van der Waals surface area contributed by atoms with Gasteiger partial charge >= 0.3 is 0 Å². The molecule has 0 amide bonds. The van der Waals surface area contributed by atoms with Crippen LogP contribution < -0.4 is 16.0 Å². The quantitative estimate of drug-likeness (QED) is 0.497. The molecule has 0 atom stereocenters. The molecule has 3 rings (SSSR count). The molecule has 0 radical (unpaired) electrons. The van der Waals surface area contributed by atoms with Gasteiger partial charge in [-0.1, -0.05) is 13.8 Å². The van der Waals surface area contributed by atoms with E-state index in [2.05, 4.69) is 72.4 Å². The third-order valence-corrected chi connectivity index (χ3v) is 5.71. The Bertz CT molecular complexity index is 957. The van der Waals surface area contributed by atoms with E-state index in [-0.39, 0.29) is 0 Å². The molecule has 0 spiro atoms. The summed E-state index contributed by atoms with van der Waals surface area (Å²) in [6, 6.07) is 6.55. The second kappa shape index (κ2) is 8.13. The summed E-state index contributed by atoms with van der Waals surface area (Å²) in [5.41, 5.74) is 10.3. The molecule has 1 aromatic carbocycles. The largest absolute Gasteiger partial charge is 0.388 e. The summed E-state index contributed by atoms with van der Waals surface area (Å²) >= 11 is 0. The summed E-state index contributed by atoms with van der Waals surface area (Å²) in [7, 11) is 5.89. The zero-order valence-corrected chi connectivity index (χ0v) is 18.2. The molecular weight excluding hydrogens is 346 g/mol. The third kappa shape index (κ3) is 3.30. The molecule has 2 heterocycles. The summed E-state index contributed by atoms with van der Waals surface area (Å²) in [5, 5.41) is 10.0. The first-order valence-corrected chi connectivity index (χ1v) is 10.2. The Labute approximate surface area is 168 Å². The number of hydrogen-bond donors (Lipinski definition) is 3. The summed E-state index contributed by atoms with van der Waals surface area (Å²) in [4.78, 5) is 4.97. The zero-order chi connectivity index (χ0) is 20.4. The van der Waals surface area contributed by atoms with E-state index >= 15 is 0 Å². The molecule has 0 unspecified atom stereocenters. The highest BCUT2D eigenvalue weighted by Crippen LogP contribution is 2.42. The number of aryl methyl sites for hydroxylation is 2. The lowest BCUT2D eigenvalue weighted by molar-refractivity contribution is 0.613. The average molecular weight is 380 g/mol. The first-order valence-electron chi connectivity index (χ1n) is 10.2. The monoisotopic (exact) mass is 379 g/mol. The van der Waals surface area contributed by atoms with E-state index in [1.165, 1.54) is 16.8 Å². The van der Waals surface area contributed by atoms with Crippen molar-refractivity contribution in [2.24, 2.45) is 0 Å². The number of nitrogens with one attached hydrogen (secondary N) is 3. The van der Waals surface area contributed by atoms with E-state index in [0.717, 1.165) is 46.8 Å². The van der Waals surface area contributed by atoms with E-state index in [9.17, 15) is 0 Å². The van der Waals surface area contributed by atoms with E-state index < -0.39 is 0 Å². The molecule has 0 aliphatic heterocycles. The molecular formula is C23H33N5. The van der Waals surface area contributed by atoms with Crippen LogP contribution in [0.2, 0.25) is 0 Å². The van der Waals surface area contributed by atoms with Gasteiger partial charge in [0.2, 0.25) is 0 Å². The number of aromatic nitrogens is 2. The van der Waals surface area contributed by atoms with Crippen molar-refractivity contribution in [1.82, 2.24) is 9.38 Å². The van der Waals surface area contributed by atoms with Crippen LogP contribution in [0.1, 0.15) is 49.6 Å². The van der Waals surface area contributed by atoms with Gasteiger partial charge in [0.1, 0.15) is 5.65 Å². The maximum absolute atomic E-state index is 4.97. The molecule has 0 fully saturated rings. The van der Waals surface area contributed by atoms with Crippen molar-refractivity contribution >= 4 is 22.7 Å². The zero-order valence-electron chi connectivity index (χ0n) is 18.2. The molecule has 3 N–H and O–H groups in total. The van der Waals surface area contributed by atoms with Gasteiger partial charge in [-0.2, -0.15) is 0 Å². The number of nitrogens with zero attached hydrogens (tertiary/aromatic N) is 2. The minimum atomic E-state index is 0.531. The van der Waals surface area contributed by atoms with Gasteiger partial charge in [-0.05, 0) is 56.4 Å². The molecule has 150 valence electrons. The van der Waals surface area contributed by atoms with Crippen LogP contribution in [-0.2, 0) is 0 Å². The van der Waals surface area contributed by atoms with Crippen molar-refractivity contribution in [2.45, 2.75) is 46.5 Å². The topological polar surface area (TPSA) is 53.4 Å². The Morgan fingerprint density at radius 1 is 0.893 bits per heavy atom. The molecule has 0 aliphatic carbocycles. The minimum absolute atomic E-state index is 0.531. The maximum Gasteiger partial charge on any atom is 0.145 e. The number of hydrogen-bond acceptors (Lipinski definition) is 4. The highest BCUT2D eigenvalue weighted by atomic mass is 15.0. The fourth-order valence-electron chi connectivity index (χ4n) is 4.19. The molecule has 0 saturated heterocycles. The summed E-state index contributed by atoms with van der Waals surface area (Å²) in [6.45, 7) is 8.81. The van der Waals surface area contributed by atoms with Gasteiger partial charge in [0.05, 0.1) is 0 Å². The molecule has 0 aliphatic rings. The molecule has 0 saturated carbocycles. The van der Waals surface area contributed by atoms with E-state index in [1.54, 1.807) is 0 Å². The fourth-order valence-corrected chi connectivity index (χ4v) is 4.19. The average Bonchev–Trinajstić information content (AvgIpc) is 3.03. The van der Waals surface area contributed by atoms with Gasteiger partial charge in [-0.15, -0.1) is 0 Å². The number of anilines is 3. The van der Waals surface area contributed by atoms with Crippen molar-refractivity contribution in [3.63, 3.8) is 0 Å². The summed E-state index contributed by atoms with van der Waals surface area (Å²) < 4.78 is 2.31. The van der Waals surface area contributed by atoms with E-state index in [4.69, 9.17) is 4.98 Å². The van der Waals surface area contributed by atoms with Crippen LogP contribution >= 0.6 is 0 Å². The minimum Gasteiger partial charge on any atom is -0.388 e. The smallest absolute Gasteiger partial charge is 0.145 e. The van der Waals surface area contributed by atoms with Gasteiger partial charge in [0.25, 0.3) is 0 Å². The molecule has 0 bridgehead atoms. The SMILES string of the molecule is CCC(CC)c1cc(C)nc2c(-c3c(NC)cc(NC)cc3NC)c(C)cn12. The second-order valence-corrected chi connectivity index (χ2v) is 7.41. The summed E-state index contributed by atoms with van der Waals surface area (Å²) in [6.07, 6.45) is 4.50. The molecule has 2 aromatic heterocycles. The van der Waals surface area contributed by atoms with Gasteiger partial charge in [0, 0.05) is 66.9 Å². The lowest BCUT2D eigenvalue weighted by Gasteiger charge is -2.19. The molecule has 5 heteroatoms. The predicted molar refractivity (Wildman–Crippen MR) is 122 cm³/mol. The number of rotatable bonds is 7. The Hall–Kier alpha value is -2.69. The Morgan fingerprint density at radius 2 is 1.50 bits per heavy atom. The van der Waals surface area contributed by atoms with Crippen molar-refractivity contribution < 1.29 is 0 Å². The highest BCUT2D eigenvalue weighted by molar-refractivity contribution is 5.98. The normalized spacial score (nSPS) is 11.3. The standard InChI is InChI=1S/C23H33N5/c1-8-16(9-2)20-10-15(4)27-23-21(14(3)13-28(20)23)22-18(25-6)11-17(24-5)12-19(22)26-7/h10-13,16,24-26H,8-9H2,1-7H3. The maximum atomic E-state index is 4.97. The number of fused-ring (bicyclic) bond motifs is 1. The molecule has 5 nitrogen and oxygen atoms in total. The Kier molecular flexibility index (Phi) is 5.82. The van der Waals surface area contributed by atoms with Crippen molar-refractivity contribution in [3.05, 3.63) is 41.3 Å². The van der Waals surface area contributed by atoms with E-state index in [1.807, 2.05) is 21.1 Å². The van der Waals surface area contributed by atoms with Crippen LogP contribution in [-0.4, -0.2) is 30.5 Å². The lowest BCUT2D eigenvalue weighted by Crippen LogP contribution is -2.06. The van der Waals surface area contributed by atoms with Crippen LogP contribution in [0.5, 0.6) is 0 Å². The van der Waals surface area contributed by atoms with Crippen LogP contribution in [0.25, 0.3) is 16.8 Å². The van der Waals surface area contributed by atoms with Gasteiger partial charge in [-0.3, -0.25) is 0 Å². The van der Waals surface area contributed by atoms with Gasteiger partial charge in [-0.25, -0.2) is 4.98 Å². The van der Waals surface area contributed by atoms with E-state index in [0.29, 0.717) is 5.92 Å². The highest BCUT2D eigenvalue weighted by Gasteiger charge is 2.22. The third-order valence-electron chi connectivity index (χ3n) is 5.71. The van der Waals surface area contributed by atoms with Crippen molar-refractivity contribution in [1.29, 1.82) is 0 Å². The van der Waals surface area contributed by atoms with Gasteiger partial charge in [0.15, 0.2) is 0 Å². The fraction of sp³-hybridized carbons (Fsp3) is 0.435. The van der Waals surface area contributed by atoms with Crippen LogP contribution in [0.15, 0.2) is 24.4 Å².